The lowest BCUT2D eigenvalue weighted by molar-refractivity contribution is -0.139. The highest BCUT2D eigenvalue weighted by atomic mass is 16.5. The Morgan fingerprint density at radius 3 is 2.43 bits per heavy atom. The molecule has 2 rings (SSSR count). The van der Waals surface area contributed by atoms with Crippen LogP contribution in [0.2, 0.25) is 0 Å². The fourth-order valence-corrected chi connectivity index (χ4v) is 2.24. The molecule has 2 atom stereocenters. The Bertz CT molecular complexity index is 508. The fourth-order valence-electron chi connectivity index (χ4n) is 2.24. The van der Waals surface area contributed by atoms with E-state index in [9.17, 15) is 9.59 Å². The summed E-state index contributed by atoms with van der Waals surface area (Å²) in [5, 5.41) is 11.6. The Labute approximate surface area is 124 Å². The third kappa shape index (κ3) is 4.48. The number of aliphatic carboxylic acids is 1. The molecule has 0 saturated heterocycles. The zero-order valence-corrected chi connectivity index (χ0v) is 12.3. The van der Waals surface area contributed by atoms with Crippen LogP contribution in [0.15, 0.2) is 24.3 Å². The zero-order chi connectivity index (χ0) is 15.4. The number of carbonyl (C=O) groups excluding carboxylic acids is 1. The molecule has 5 heteroatoms. The molecule has 1 saturated carbocycles. The molecule has 0 radical (unpaired) electrons. The van der Waals surface area contributed by atoms with E-state index in [-0.39, 0.29) is 24.5 Å². The predicted octanol–water partition coefficient (Wildman–Crippen LogP) is 2.37. The molecular weight excluding hydrogens is 270 g/mol. The number of hydrogen-bond donors (Lipinski definition) is 2. The maximum atomic E-state index is 12.1. The predicted molar refractivity (Wildman–Crippen MR) is 78.0 cm³/mol. The second-order valence-electron chi connectivity index (χ2n) is 5.61. The molecule has 0 aliphatic heterocycles. The van der Waals surface area contributed by atoms with Gasteiger partial charge in [-0.3, -0.25) is 4.79 Å². The van der Waals surface area contributed by atoms with E-state index < -0.39 is 5.97 Å². The molecule has 21 heavy (non-hydrogen) atoms. The van der Waals surface area contributed by atoms with E-state index in [4.69, 9.17) is 9.84 Å². The molecule has 1 fully saturated rings. The number of amides is 1. The molecule has 1 aromatic rings. The fraction of sp³-hybridized carbons (Fsp3) is 0.500. The van der Waals surface area contributed by atoms with Crippen LogP contribution in [0.4, 0.5) is 0 Å². The summed E-state index contributed by atoms with van der Waals surface area (Å²) in [7, 11) is 0. The van der Waals surface area contributed by atoms with Crippen LogP contribution in [0.25, 0.3) is 0 Å². The smallest absolute Gasteiger partial charge is 0.341 e. The summed E-state index contributed by atoms with van der Waals surface area (Å²) in [6.45, 7) is 3.55. The van der Waals surface area contributed by atoms with Gasteiger partial charge < -0.3 is 15.2 Å². The van der Waals surface area contributed by atoms with Gasteiger partial charge in [-0.1, -0.05) is 19.1 Å². The molecular formula is C16H21NO4. The lowest BCUT2D eigenvalue weighted by Gasteiger charge is -2.18. The summed E-state index contributed by atoms with van der Waals surface area (Å²) in [6.07, 6.45) is 2.30. The van der Waals surface area contributed by atoms with E-state index in [1.165, 1.54) is 0 Å². The van der Waals surface area contributed by atoms with Crippen LogP contribution in [0.1, 0.15) is 38.3 Å². The minimum Gasteiger partial charge on any atom is -0.482 e. The Hall–Kier alpha value is -2.04. The average molecular weight is 291 g/mol. The number of carboxylic acids is 1. The monoisotopic (exact) mass is 291 g/mol. The first-order valence-corrected chi connectivity index (χ1v) is 7.22. The van der Waals surface area contributed by atoms with E-state index in [0.717, 1.165) is 18.4 Å². The minimum absolute atomic E-state index is 0.0747. The van der Waals surface area contributed by atoms with Gasteiger partial charge in [0.25, 0.3) is 0 Å². The highest BCUT2D eigenvalue weighted by molar-refractivity contribution is 5.79. The minimum atomic E-state index is -1.01. The maximum Gasteiger partial charge on any atom is 0.341 e. The topological polar surface area (TPSA) is 75.6 Å². The second kappa shape index (κ2) is 6.61. The average Bonchev–Trinajstić information content (AvgIpc) is 3.29. The van der Waals surface area contributed by atoms with Gasteiger partial charge in [0, 0.05) is 5.92 Å². The van der Waals surface area contributed by atoms with Crippen molar-refractivity contribution in [1.29, 1.82) is 0 Å². The van der Waals surface area contributed by atoms with Crippen LogP contribution in [0, 0.1) is 11.8 Å². The van der Waals surface area contributed by atoms with E-state index in [2.05, 4.69) is 5.32 Å². The molecule has 1 aromatic carbocycles. The first kappa shape index (κ1) is 15.4. The van der Waals surface area contributed by atoms with E-state index in [0.29, 0.717) is 11.7 Å². The summed E-state index contributed by atoms with van der Waals surface area (Å²) < 4.78 is 5.07. The van der Waals surface area contributed by atoms with Gasteiger partial charge >= 0.3 is 5.97 Å². The number of benzene rings is 1. The van der Waals surface area contributed by atoms with E-state index >= 15 is 0 Å². The molecule has 114 valence electrons. The summed E-state index contributed by atoms with van der Waals surface area (Å²) in [6, 6.07) is 7.02. The van der Waals surface area contributed by atoms with E-state index in [1.807, 2.05) is 26.0 Å². The molecule has 2 N–H and O–H groups in total. The number of rotatable bonds is 7. The third-order valence-corrected chi connectivity index (χ3v) is 3.84. The summed E-state index contributed by atoms with van der Waals surface area (Å²) in [5.74, 6) is 0.214. The van der Waals surface area contributed by atoms with Crippen molar-refractivity contribution >= 4 is 11.9 Å². The van der Waals surface area contributed by atoms with Crippen molar-refractivity contribution in [3.63, 3.8) is 0 Å². The Balaban J connectivity index is 1.88. The van der Waals surface area contributed by atoms with Crippen LogP contribution < -0.4 is 10.1 Å². The normalized spacial score (nSPS) is 16.9. The number of carbonyl (C=O) groups is 2. The lowest BCUT2D eigenvalue weighted by atomic mass is 10.0. The lowest BCUT2D eigenvalue weighted by Crippen LogP contribution is -2.32. The standard InChI is InChI=1S/C16H21NO4/c1-10(12-3-4-12)16(20)17-11(2)13-5-7-14(8-6-13)21-9-15(18)19/h5-8,10-12H,3-4,9H2,1-2H3,(H,17,20)(H,18,19). The number of nitrogens with one attached hydrogen (secondary N) is 1. The van der Waals surface area contributed by atoms with Gasteiger partial charge in [0.05, 0.1) is 6.04 Å². The van der Waals surface area contributed by atoms with Crippen LogP contribution in [0.5, 0.6) is 5.75 Å². The van der Waals surface area contributed by atoms with Gasteiger partial charge in [0.15, 0.2) is 6.61 Å². The van der Waals surface area contributed by atoms with Crippen molar-refractivity contribution in [3.05, 3.63) is 29.8 Å². The van der Waals surface area contributed by atoms with Gasteiger partial charge in [-0.2, -0.15) is 0 Å². The van der Waals surface area contributed by atoms with Crippen molar-refractivity contribution in [2.45, 2.75) is 32.7 Å². The third-order valence-electron chi connectivity index (χ3n) is 3.84. The van der Waals surface area contributed by atoms with Crippen molar-refractivity contribution in [1.82, 2.24) is 5.32 Å². The molecule has 1 aliphatic carbocycles. The van der Waals surface area contributed by atoms with Crippen LogP contribution in [0.3, 0.4) is 0 Å². The highest BCUT2D eigenvalue weighted by Crippen LogP contribution is 2.36. The number of carboxylic acid groups (broad SMARTS) is 1. The van der Waals surface area contributed by atoms with Crippen molar-refractivity contribution in [3.8, 4) is 5.75 Å². The molecule has 1 aliphatic rings. The molecule has 0 bridgehead atoms. The molecule has 0 spiro atoms. The van der Waals surface area contributed by atoms with Gasteiger partial charge in [-0.05, 0) is 43.4 Å². The zero-order valence-electron chi connectivity index (χ0n) is 12.3. The van der Waals surface area contributed by atoms with Crippen molar-refractivity contribution in [2.75, 3.05) is 6.61 Å². The summed E-state index contributed by atoms with van der Waals surface area (Å²) in [4.78, 5) is 22.5. The van der Waals surface area contributed by atoms with Gasteiger partial charge in [0.2, 0.25) is 5.91 Å². The van der Waals surface area contributed by atoms with Crippen molar-refractivity contribution in [2.24, 2.45) is 11.8 Å². The Kier molecular flexibility index (Phi) is 4.83. The van der Waals surface area contributed by atoms with Gasteiger partial charge in [-0.25, -0.2) is 4.79 Å². The maximum absolute atomic E-state index is 12.1. The molecule has 1 amide bonds. The molecule has 5 nitrogen and oxygen atoms in total. The number of ether oxygens (including phenoxy) is 1. The van der Waals surface area contributed by atoms with Crippen LogP contribution in [-0.2, 0) is 9.59 Å². The van der Waals surface area contributed by atoms with E-state index in [1.54, 1.807) is 12.1 Å². The Morgan fingerprint density at radius 1 is 1.29 bits per heavy atom. The highest BCUT2D eigenvalue weighted by Gasteiger charge is 2.32. The summed E-state index contributed by atoms with van der Waals surface area (Å²) in [5.41, 5.74) is 0.967. The first-order chi connectivity index (χ1) is 9.97. The van der Waals surface area contributed by atoms with Gasteiger partial charge in [-0.15, -0.1) is 0 Å². The second-order valence-corrected chi connectivity index (χ2v) is 5.61. The van der Waals surface area contributed by atoms with Crippen LogP contribution in [-0.4, -0.2) is 23.6 Å². The molecule has 2 unspecified atom stereocenters. The largest absolute Gasteiger partial charge is 0.482 e. The van der Waals surface area contributed by atoms with Crippen LogP contribution >= 0.6 is 0 Å². The number of hydrogen-bond acceptors (Lipinski definition) is 3. The van der Waals surface area contributed by atoms with Crippen molar-refractivity contribution < 1.29 is 19.4 Å². The quantitative estimate of drug-likeness (QED) is 0.808. The summed E-state index contributed by atoms with van der Waals surface area (Å²) >= 11 is 0. The Morgan fingerprint density at radius 2 is 1.90 bits per heavy atom. The SMILES string of the molecule is CC(NC(=O)C(C)C1CC1)c1ccc(OCC(=O)O)cc1. The molecule has 0 aromatic heterocycles. The molecule has 0 heterocycles. The van der Waals surface area contributed by atoms with Gasteiger partial charge in [0.1, 0.15) is 5.75 Å². The first-order valence-electron chi connectivity index (χ1n) is 7.22.